The molecule has 2 aromatic rings. The van der Waals surface area contributed by atoms with Gasteiger partial charge in [-0.2, -0.15) is 0 Å². The van der Waals surface area contributed by atoms with Crippen LogP contribution in [-0.4, -0.2) is 16.7 Å². The van der Waals surface area contributed by atoms with Gasteiger partial charge in [-0.1, -0.05) is 35.8 Å². The van der Waals surface area contributed by atoms with Crippen molar-refractivity contribution in [1.82, 2.24) is 15.5 Å². The Hall–Kier alpha value is -0.850. The minimum atomic E-state index is 0.575. The van der Waals surface area contributed by atoms with Crippen LogP contribution in [0.3, 0.4) is 0 Å². The van der Waals surface area contributed by atoms with Gasteiger partial charge in [-0.15, -0.1) is 10.2 Å². The van der Waals surface area contributed by atoms with E-state index in [1.165, 1.54) is 17.3 Å². The Morgan fingerprint density at radius 3 is 2.80 bits per heavy atom. The molecule has 0 radical (unpaired) electrons. The predicted molar refractivity (Wildman–Crippen MR) is 83.8 cm³/mol. The number of hydrogen-bond donors (Lipinski definition) is 1. The van der Waals surface area contributed by atoms with Crippen molar-refractivity contribution in [2.45, 2.75) is 37.4 Å². The maximum absolute atomic E-state index is 5.43. The minimum Gasteiger partial charge on any atom is -0.416 e. The van der Waals surface area contributed by atoms with Gasteiger partial charge in [0.1, 0.15) is 0 Å². The van der Waals surface area contributed by atoms with Crippen LogP contribution in [0.1, 0.15) is 25.3 Å². The van der Waals surface area contributed by atoms with Gasteiger partial charge in [0.05, 0.1) is 0 Å². The Kier molecular flexibility index (Phi) is 5.63. The summed E-state index contributed by atoms with van der Waals surface area (Å²) in [6.45, 7) is 8.03. The van der Waals surface area contributed by atoms with Crippen molar-refractivity contribution >= 4 is 27.7 Å². The van der Waals surface area contributed by atoms with Gasteiger partial charge >= 0.3 is 0 Å². The van der Waals surface area contributed by atoms with Gasteiger partial charge in [0.2, 0.25) is 5.89 Å². The summed E-state index contributed by atoms with van der Waals surface area (Å²) >= 11 is 5.00. The molecule has 6 heteroatoms. The smallest absolute Gasteiger partial charge is 0.281 e. The second-order valence-electron chi connectivity index (χ2n) is 4.97. The van der Waals surface area contributed by atoms with E-state index in [9.17, 15) is 0 Å². The molecule has 4 nitrogen and oxygen atoms in total. The molecule has 0 aliphatic carbocycles. The zero-order valence-corrected chi connectivity index (χ0v) is 14.2. The topological polar surface area (TPSA) is 51.0 Å². The lowest BCUT2D eigenvalue weighted by Gasteiger charge is -2.11. The van der Waals surface area contributed by atoms with Crippen molar-refractivity contribution < 1.29 is 4.42 Å². The Balaban J connectivity index is 2.11. The number of aryl methyl sites for hydroxylation is 1. The highest BCUT2D eigenvalue weighted by molar-refractivity contribution is 9.10. The van der Waals surface area contributed by atoms with Crippen molar-refractivity contribution in [3.63, 3.8) is 0 Å². The molecule has 1 aromatic heterocycles. The minimum absolute atomic E-state index is 0.575. The summed E-state index contributed by atoms with van der Waals surface area (Å²) in [4.78, 5) is 1.12. The fourth-order valence-corrected chi connectivity index (χ4v) is 3.08. The Morgan fingerprint density at radius 1 is 1.35 bits per heavy atom. The van der Waals surface area contributed by atoms with E-state index in [0.29, 0.717) is 17.0 Å². The van der Waals surface area contributed by atoms with Gasteiger partial charge in [0.25, 0.3) is 5.22 Å². The van der Waals surface area contributed by atoms with Gasteiger partial charge in [-0.25, -0.2) is 0 Å². The second-order valence-corrected chi connectivity index (χ2v) is 6.87. The third-order valence-electron chi connectivity index (χ3n) is 2.60. The fourth-order valence-electron chi connectivity index (χ4n) is 1.68. The van der Waals surface area contributed by atoms with Gasteiger partial charge in [0.15, 0.2) is 0 Å². The maximum atomic E-state index is 5.43. The number of halogens is 1. The number of aromatic nitrogens is 2. The van der Waals surface area contributed by atoms with E-state index in [4.69, 9.17) is 4.42 Å². The molecule has 1 aromatic carbocycles. The Morgan fingerprint density at radius 2 is 2.15 bits per heavy atom. The van der Waals surface area contributed by atoms with E-state index in [1.807, 2.05) is 0 Å². The monoisotopic (exact) mass is 355 g/mol. The van der Waals surface area contributed by atoms with Crippen LogP contribution in [0, 0.1) is 12.8 Å². The van der Waals surface area contributed by atoms with Crippen LogP contribution in [0.5, 0.6) is 0 Å². The highest BCUT2D eigenvalue weighted by Crippen LogP contribution is 2.31. The summed E-state index contributed by atoms with van der Waals surface area (Å²) in [6.07, 6.45) is 0. The number of hydrogen-bond acceptors (Lipinski definition) is 5. The Labute approximate surface area is 131 Å². The van der Waals surface area contributed by atoms with Crippen molar-refractivity contribution in [2.24, 2.45) is 5.92 Å². The van der Waals surface area contributed by atoms with E-state index < -0.39 is 0 Å². The van der Waals surface area contributed by atoms with Crippen LogP contribution in [0.4, 0.5) is 0 Å². The lowest BCUT2D eigenvalue weighted by atomic mass is 10.2. The Bertz CT molecular complexity index is 571. The molecule has 1 heterocycles. The van der Waals surface area contributed by atoms with Crippen LogP contribution in [0.15, 0.2) is 37.2 Å². The first kappa shape index (κ1) is 15.5. The van der Waals surface area contributed by atoms with Gasteiger partial charge in [-0.05, 0) is 41.9 Å². The first-order valence-electron chi connectivity index (χ1n) is 6.51. The molecular weight excluding hydrogens is 338 g/mol. The zero-order valence-electron chi connectivity index (χ0n) is 11.8. The van der Waals surface area contributed by atoms with Crippen LogP contribution in [-0.2, 0) is 6.54 Å². The largest absolute Gasteiger partial charge is 0.416 e. The predicted octanol–water partition coefficient (Wildman–Crippen LogP) is 4.04. The average Bonchev–Trinajstić information content (AvgIpc) is 2.77. The normalized spacial score (nSPS) is 11.2. The average molecular weight is 356 g/mol. The summed E-state index contributed by atoms with van der Waals surface area (Å²) in [6, 6.07) is 6.25. The van der Waals surface area contributed by atoms with Crippen LogP contribution < -0.4 is 5.32 Å². The molecule has 0 aliphatic heterocycles. The standard InChI is InChI=1S/C14H18BrN3OS/c1-9(2)7-16-8-11-4-5-12(15)6-13(11)20-14-18-17-10(3)19-14/h4-6,9,16H,7-8H2,1-3H3. The van der Waals surface area contributed by atoms with Crippen LogP contribution in [0.2, 0.25) is 0 Å². The molecule has 2 rings (SSSR count). The molecule has 20 heavy (non-hydrogen) atoms. The van der Waals surface area contributed by atoms with Gasteiger partial charge in [-0.3, -0.25) is 0 Å². The highest BCUT2D eigenvalue weighted by Gasteiger charge is 2.10. The van der Waals surface area contributed by atoms with E-state index in [-0.39, 0.29) is 0 Å². The summed E-state index contributed by atoms with van der Waals surface area (Å²) in [5.74, 6) is 1.22. The van der Waals surface area contributed by atoms with E-state index >= 15 is 0 Å². The lowest BCUT2D eigenvalue weighted by Crippen LogP contribution is -2.19. The number of nitrogens with one attached hydrogen (secondary N) is 1. The molecule has 1 N–H and O–H groups in total. The summed E-state index contributed by atoms with van der Waals surface area (Å²) < 4.78 is 6.48. The van der Waals surface area contributed by atoms with Gasteiger partial charge in [0, 0.05) is 22.8 Å². The molecule has 0 amide bonds. The van der Waals surface area contributed by atoms with Crippen molar-refractivity contribution in [3.8, 4) is 0 Å². The van der Waals surface area contributed by atoms with Crippen LogP contribution >= 0.6 is 27.7 Å². The molecule has 0 aliphatic rings. The molecule has 0 fully saturated rings. The second kappa shape index (κ2) is 7.24. The summed E-state index contributed by atoms with van der Waals surface area (Å²) in [7, 11) is 0. The zero-order chi connectivity index (χ0) is 14.5. The quantitative estimate of drug-likeness (QED) is 0.847. The van der Waals surface area contributed by atoms with E-state index in [1.54, 1.807) is 6.92 Å². The molecule has 0 unspecified atom stereocenters. The lowest BCUT2D eigenvalue weighted by molar-refractivity contribution is 0.429. The van der Waals surface area contributed by atoms with Crippen LogP contribution in [0.25, 0.3) is 0 Å². The van der Waals surface area contributed by atoms with Gasteiger partial charge < -0.3 is 9.73 Å². The third-order valence-corrected chi connectivity index (χ3v) is 4.03. The summed E-state index contributed by atoms with van der Waals surface area (Å²) in [5, 5.41) is 11.9. The molecule has 0 saturated heterocycles. The number of rotatable bonds is 6. The fraction of sp³-hybridized carbons (Fsp3) is 0.429. The molecule has 108 valence electrons. The van der Waals surface area contributed by atoms with E-state index in [0.717, 1.165) is 22.5 Å². The van der Waals surface area contributed by atoms with E-state index in [2.05, 4.69) is 63.5 Å². The maximum Gasteiger partial charge on any atom is 0.281 e. The highest BCUT2D eigenvalue weighted by atomic mass is 79.9. The van der Waals surface area contributed by atoms with Crippen molar-refractivity contribution in [1.29, 1.82) is 0 Å². The molecule has 0 atom stereocenters. The third kappa shape index (κ3) is 4.61. The number of nitrogens with zero attached hydrogens (tertiary/aromatic N) is 2. The molecule has 0 saturated carbocycles. The molecular formula is C14H18BrN3OS. The molecule has 0 spiro atoms. The summed E-state index contributed by atoms with van der Waals surface area (Å²) in [5.41, 5.74) is 1.23. The SMILES string of the molecule is Cc1nnc(Sc2cc(Br)ccc2CNCC(C)C)o1. The number of benzene rings is 1. The van der Waals surface area contributed by atoms with Crippen molar-refractivity contribution in [2.75, 3.05) is 6.54 Å². The first-order valence-corrected chi connectivity index (χ1v) is 8.12. The molecule has 0 bridgehead atoms. The first-order chi connectivity index (χ1) is 9.54. The van der Waals surface area contributed by atoms with Crippen molar-refractivity contribution in [3.05, 3.63) is 34.1 Å².